The molecule has 6 heteroatoms. The molecule has 0 spiro atoms. The van der Waals surface area contributed by atoms with Crippen LogP contribution in [0.3, 0.4) is 0 Å². The number of nitrogens with zero attached hydrogens (tertiary/aromatic N) is 1. The van der Waals surface area contributed by atoms with Crippen LogP contribution in [0.25, 0.3) is 6.08 Å². The van der Waals surface area contributed by atoms with Gasteiger partial charge in [-0.05, 0) is 42.9 Å². The highest BCUT2D eigenvalue weighted by Gasteiger charge is 2.28. The Morgan fingerprint density at radius 1 is 1.52 bits per heavy atom. The van der Waals surface area contributed by atoms with Gasteiger partial charge in [-0.2, -0.15) is 0 Å². The van der Waals surface area contributed by atoms with Gasteiger partial charge in [0.05, 0.1) is 5.92 Å². The second kappa shape index (κ2) is 6.87. The molecule has 2 atom stereocenters. The van der Waals surface area contributed by atoms with E-state index < -0.39 is 5.97 Å². The number of thiophene rings is 1. The van der Waals surface area contributed by atoms with Gasteiger partial charge >= 0.3 is 5.97 Å². The van der Waals surface area contributed by atoms with Crippen molar-refractivity contribution in [3.05, 3.63) is 28.0 Å². The topological polar surface area (TPSA) is 83.6 Å². The summed E-state index contributed by atoms with van der Waals surface area (Å²) in [6.07, 6.45) is 4.57. The molecule has 2 unspecified atom stereocenters. The summed E-state index contributed by atoms with van der Waals surface area (Å²) in [4.78, 5) is 25.3. The predicted molar refractivity (Wildman–Crippen MR) is 82.8 cm³/mol. The lowest BCUT2D eigenvalue weighted by molar-refractivity contribution is -0.131. The van der Waals surface area contributed by atoms with E-state index in [0.717, 1.165) is 35.9 Å². The van der Waals surface area contributed by atoms with Crippen molar-refractivity contribution >= 4 is 29.3 Å². The van der Waals surface area contributed by atoms with Gasteiger partial charge in [0, 0.05) is 30.1 Å². The van der Waals surface area contributed by atoms with Gasteiger partial charge in [0.15, 0.2) is 0 Å². The van der Waals surface area contributed by atoms with Crippen molar-refractivity contribution in [2.75, 3.05) is 6.54 Å². The van der Waals surface area contributed by atoms with Crippen molar-refractivity contribution in [2.45, 2.75) is 32.4 Å². The molecule has 5 nitrogen and oxygen atoms in total. The Labute approximate surface area is 128 Å². The molecule has 0 radical (unpaired) electrons. The standard InChI is InChI=1S/C15H20N2O3S/c1-10-2-4-12(15(16)20)7-17(10)8-13-6-11(9-21-13)3-5-14(18)19/h3,5-6,9-10,12H,2,4,7-8H2,1H3,(H2,16,20)(H,18,19). The Hall–Kier alpha value is -1.66. The van der Waals surface area contributed by atoms with Crippen LogP contribution in [0.1, 0.15) is 30.2 Å². The number of hydrogen-bond donors (Lipinski definition) is 2. The van der Waals surface area contributed by atoms with Crippen molar-refractivity contribution in [1.82, 2.24) is 4.90 Å². The van der Waals surface area contributed by atoms with Crippen LogP contribution in [-0.2, 0) is 16.1 Å². The molecule has 0 saturated carbocycles. The average molecular weight is 308 g/mol. The molecule has 1 aromatic heterocycles. The number of amides is 1. The molecule has 114 valence electrons. The number of carboxylic acids is 1. The van der Waals surface area contributed by atoms with Crippen molar-refractivity contribution in [3.63, 3.8) is 0 Å². The molecule has 1 fully saturated rings. The van der Waals surface area contributed by atoms with Crippen LogP contribution in [-0.4, -0.2) is 34.5 Å². The second-order valence-corrected chi connectivity index (χ2v) is 6.47. The molecule has 0 bridgehead atoms. The number of carbonyl (C=O) groups is 2. The molecule has 2 heterocycles. The maximum absolute atomic E-state index is 11.3. The molecule has 1 saturated heterocycles. The molecule has 1 aliphatic rings. The monoisotopic (exact) mass is 308 g/mol. The molecule has 0 aliphatic carbocycles. The lowest BCUT2D eigenvalue weighted by Gasteiger charge is -2.36. The highest BCUT2D eigenvalue weighted by atomic mass is 32.1. The molecule has 1 aliphatic heterocycles. The minimum Gasteiger partial charge on any atom is -0.478 e. The van der Waals surface area contributed by atoms with E-state index >= 15 is 0 Å². The first-order valence-electron chi connectivity index (χ1n) is 6.97. The molecular formula is C15H20N2O3S. The summed E-state index contributed by atoms with van der Waals surface area (Å²) in [5, 5.41) is 10.6. The third-order valence-corrected chi connectivity index (χ3v) is 4.80. The van der Waals surface area contributed by atoms with Crippen LogP contribution in [0.2, 0.25) is 0 Å². The highest BCUT2D eigenvalue weighted by Crippen LogP contribution is 2.26. The van der Waals surface area contributed by atoms with Gasteiger partial charge in [-0.25, -0.2) is 4.79 Å². The van der Waals surface area contributed by atoms with E-state index in [4.69, 9.17) is 10.8 Å². The SMILES string of the molecule is CC1CCC(C(N)=O)CN1Cc1cc(C=CC(=O)O)cs1. The fourth-order valence-electron chi connectivity index (χ4n) is 2.57. The van der Waals surface area contributed by atoms with E-state index in [9.17, 15) is 9.59 Å². The number of hydrogen-bond acceptors (Lipinski definition) is 4. The summed E-state index contributed by atoms with van der Waals surface area (Å²) in [5.41, 5.74) is 6.31. The fourth-order valence-corrected chi connectivity index (χ4v) is 3.45. The minimum absolute atomic E-state index is 0.0625. The maximum atomic E-state index is 11.3. The number of rotatable bonds is 5. The smallest absolute Gasteiger partial charge is 0.328 e. The number of nitrogens with two attached hydrogens (primary N) is 1. The average Bonchev–Trinajstić information content (AvgIpc) is 2.86. The number of aliphatic carboxylic acids is 1. The van der Waals surface area contributed by atoms with Crippen molar-refractivity contribution in [3.8, 4) is 0 Å². The normalized spacial score (nSPS) is 23.5. The molecule has 1 aromatic rings. The first-order chi connectivity index (χ1) is 9.95. The van der Waals surface area contributed by atoms with Crippen LogP contribution in [0.5, 0.6) is 0 Å². The molecule has 3 N–H and O–H groups in total. The van der Waals surface area contributed by atoms with Gasteiger partial charge in [-0.3, -0.25) is 9.69 Å². The third kappa shape index (κ3) is 4.41. The largest absolute Gasteiger partial charge is 0.478 e. The number of carboxylic acid groups (broad SMARTS) is 1. The van der Waals surface area contributed by atoms with Gasteiger partial charge in [0.25, 0.3) is 0 Å². The molecule has 0 aromatic carbocycles. The van der Waals surface area contributed by atoms with Gasteiger partial charge in [-0.1, -0.05) is 0 Å². The summed E-state index contributed by atoms with van der Waals surface area (Å²) >= 11 is 1.60. The van der Waals surface area contributed by atoms with Gasteiger partial charge in [-0.15, -0.1) is 11.3 Å². The summed E-state index contributed by atoms with van der Waals surface area (Å²) < 4.78 is 0. The van der Waals surface area contributed by atoms with E-state index in [1.54, 1.807) is 17.4 Å². The van der Waals surface area contributed by atoms with Gasteiger partial charge < -0.3 is 10.8 Å². The van der Waals surface area contributed by atoms with Gasteiger partial charge in [0.2, 0.25) is 5.91 Å². The Bertz CT molecular complexity index is 553. The zero-order valence-electron chi connectivity index (χ0n) is 12.0. The van der Waals surface area contributed by atoms with Crippen LogP contribution < -0.4 is 5.73 Å². The van der Waals surface area contributed by atoms with Gasteiger partial charge in [0.1, 0.15) is 0 Å². The van der Waals surface area contributed by atoms with Crippen LogP contribution in [0, 0.1) is 5.92 Å². The van der Waals surface area contributed by atoms with E-state index in [0.29, 0.717) is 12.6 Å². The molecular weight excluding hydrogens is 288 g/mol. The first-order valence-corrected chi connectivity index (χ1v) is 7.85. The minimum atomic E-state index is -0.947. The summed E-state index contributed by atoms with van der Waals surface area (Å²) in [6, 6.07) is 2.42. The zero-order chi connectivity index (χ0) is 15.4. The quantitative estimate of drug-likeness (QED) is 0.814. The predicted octanol–water partition coefficient (Wildman–Crippen LogP) is 1.93. The Balaban J connectivity index is 2.00. The maximum Gasteiger partial charge on any atom is 0.328 e. The molecule has 2 rings (SSSR count). The van der Waals surface area contributed by atoms with Crippen molar-refractivity contribution in [2.24, 2.45) is 11.7 Å². The molecule has 1 amide bonds. The highest BCUT2D eigenvalue weighted by molar-refractivity contribution is 7.10. The fraction of sp³-hybridized carbons (Fsp3) is 0.467. The Morgan fingerprint density at radius 2 is 2.29 bits per heavy atom. The second-order valence-electron chi connectivity index (χ2n) is 5.47. The lowest BCUT2D eigenvalue weighted by Crippen LogP contribution is -2.45. The Morgan fingerprint density at radius 3 is 2.95 bits per heavy atom. The Kier molecular flexibility index (Phi) is 5.14. The van der Waals surface area contributed by atoms with E-state index in [1.165, 1.54) is 0 Å². The van der Waals surface area contributed by atoms with Crippen molar-refractivity contribution in [1.29, 1.82) is 0 Å². The lowest BCUT2D eigenvalue weighted by atomic mass is 9.93. The van der Waals surface area contributed by atoms with Crippen LogP contribution >= 0.6 is 11.3 Å². The van der Waals surface area contributed by atoms with Crippen LogP contribution in [0.4, 0.5) is 0 Å². The van der Waals surface area contributed by atoms with E-state index in [-0.39, 0.29) is 11.8 Å². The number of likely N-dealkylation sites (tertiary alicyclic amines) is 1. The summed E-state index contributed by atoms with van der Waals surface area (Å²) in [6.45, 7) is 3.64. The summed E-state index contributed by atoms with van der Waals surface area (Å²) in [7, 11) is 0. The first kappa shape index (κ1) is 15.7. The number of carbonyl (C=O) groups excluding carboxylic acids is 1. The van der Waals surface area contributed by atoms with Crippen LogP contribution in [0.15, 0.2) is 17.5 Å². The number of primary amides is 1. The zero-order valence-corrected chi connectivity index (χ0v) is 12.8. The van der Waals surface area contributed by atoms with Crippen molar-refractivity contribution < 1.29 is 14.7 Å². The molecule has 21 heavy (non-hydrogen) atoms. The van der Waals surface area contributed by atoms with E-state index in [2.05, 4.69) is 11.8 Å². The third-order valence-electron chi connectivity index (χ3n) is 3.86. The number of piperidine rings is 1. The summed E-state index contributed by atoms with van der Waals surface area (Å²) in [5.74, 6) is -1.23. The van der Waals surface area contributed by atoms with E-state index in [1.807, 2.05) is 11.4 Å².